The number of nitrogens with zero attached hydrogens (tertiary/aromatic N) is 4. The summed E-state index contributed by atoms with van der Waals surface area (Å²) in [6.45, 7) is 0. The SMILES string of the molecule is c1ccc(-c2nc(-c3ccccc3)nc(-c3cccc4sc5ccc(-c6ccc7oc(-c8ccccc8)nc7c6)cc5c34)n2)cc1. The average Bonchev–Trinajstić information content (AvgIpc) is 3.74. The molecule has 0 aliphatic carbocycles. The second kappa shape index (κ2) is 10.9. The lowest BCUT2D eigenvalue weighted by Gasteiger charge is -2.10. The first-order chi connectivity index (χ1) is 22.8. The molecule has 0 aliphatic rings. The number of hydrogen-bond acceptors (Lipinski definition) is 6. The van der Waals surface area contributed by atoms with Gasteiger partial charge in [0.25, 0.3) is 0 Å². The summed E-state index contributed by atoms with van der Waals surface area (Å²) in [4.78, 5) is 19.8. The minimum atomic E-state index is 0.624. The molecule has 46 heavy (non-hydrogen) atoms. The minimum absolute atomic E-state index is 0.624. The van der Waals surface area contributed by atoms with Crippen molar-refractivity contribution in [3.63, 3.8) is 0 Å². The highest BCUT2D eigenvalue weighted by Crippen LogP contribution is 2.41. The molecule has 0 amide bonds. The van der Waals surface area contributed by atoms with E-state index in [9.17, 15) is 0 Å². The summed E-state index contributed by atoms with van der Waals surface area (Å²) < 4.78 is 8.48. The molecule has 0 aliphatic heterocycles. The molecule has 6 aromatic carbocycles. The van der Waals surface area contributed by atoms with Gasteiger partial charge in [0, 0.05) is 42.4 Å². The molecule has 9 rings (SSSR count). The largest absolute Gasteiger partial charge is 0.436 e. The Bertz CT molecular complexity index is 2470. The molecule has 5 nitrogen and oxygen atoms in total. The Morgan fingerprint density at radius 1 is 0.435 bits per heavy atom. The third kappa shape index (κ3) is 4.64. The molecular formula is C40H24N4OS. The van der Waals surface area contributed by atoms with Gasteiger partial charge in [-0.25, -0.2) is 19.9 Å². The molecule has 0 spiro atoms. The van der Waals surface area contributed by atoms with Crippen LogP contribution in [0.4, 0.5) is 0 Å². The predicted molar refractivity (Wildman–Crippen MR) is 187 cm³/mol. The number of benzene rings is 6. The molecule has 9 aromatic rings. The molecule has 3 heterocycles. The Labute approximate surface area is 268 Å². The van der Waals surface area contributed by atoms with Crippen molar-refractivity contribution in [1.82, 2.24) is 19.9 Å². The van der Waals surface area contributed by atoms with Gasteiger partial charge in [0.05, 0.1) is 0 Å². The second-order valence-electron chi connectivity index (χ2n) is 11.1. The van der Waals surface area contributed by atoms with E-state index in [4.69, 9.17) is 24.4 Å². The number of thiophene rings is 1. The molecule has 0 saturated carbocycles. The van der Waals surface area contributed by atoms with Crippen LogP contribution in [0.5, 0.6) is 0 Å². The Morgan fingerprint density at radius 3 is 1.74 bits per heavy atom. The molecule has 0 atom stereocenters. The molecule has 6 heteroatoms. The van der Waals surface area contributed by atoms with Crippen LogP contribution in [0, 0.1) is 0 Å². The fourth-order valence-corrected chi connectivity index (χ4v) is 7.05. The van der Waals surface area contributed by atoms with Gasteiger partial charge in [-0.2, -0.15) is 0 Å². The lowest BCUT2D eigenvalue weighted by molar-refractivity contribution is 0.620. The van der Waals surface area contributed by atoms with Crippen LogP contribution in [-0.4, -0.2) is 19.9 Å². The highest BCUT2D eigenvalue weighted by Gasteiger charge is 2.18. The Hall–Kier alpha value is -5.98. The fraction of sp³-hybridized carbons (Fsp3) is 0. The van der Waals surface area contributed by atoms with Crippen molar-refractivity contribution < 1.29 is 4.42 Å². The van der Waals surface area contributed by atoms with E-state index in [2.05, 4.69) is 48.5 Å². The van der Waals surface area contributed by atoms with Gasteiger partial charge in [-0.1, -0.05) is 103 Å². The standard InChI is InChI=1S/C40H24N4OS/c1-4-11-25(12-5-1)37-42-38(26-13-6-2-7-14-26)44-39(43-37)30-17-10-18-35-36(30)31-23-28(20-22-34(31)46-35)29-19-21-33-32(24-29)41-40(45-33)27-15-8-3-9-16-27/h1-24H. The Morgan fingerprint density at radius 2 is 1.04 bits per heavy atom. The summed E-state index contributed by atoms with van der Waals surface area (Å²) in [6, 6.07) is 49.4. The lowest BCUT2D eigenvalue weighted by atomic mass is 10.00. The zero-order chi connectivity index (χ0) is 30.5. The lowest BCUT2D eigenvalue weighted by Crippen LogP contribution is -2.00. The van der Waals surface area contributed by atoms with Crippen LogP contribution in [0.15, 0.2) is 150 Å². The van der Waals surface area contributed by atoms with E-state index in [1.54, 1.807) is 11.3 Å². The van der Waals surface area contributed by atoms with E-state index in [1.165, 1.54) is 14.8 Å². The number of fused-ring (bicyclic) bond motifs is 4. The van der Waals surface area contributed by atoms with E-state index in [0.717, 1.165) is 49.9 Å². The summed E-state index contributed by atoms with van der Waals surface area (Å²) >= 11 is 1.78. The summed E-state index contributed by atoms with van der Waals surface area (Å²) in [5, 5.41) is 2.31. The van der Waals surface area contributed by atoms with Crippen molar-refractivity contribution in [2.45, 2.75) is 0 Å². The van der Waals surface area contributed by atoms with E-state index in [1.807, 2.05) is 97.1 Å². The van der Waals surface area contributed by atoms with Gasteiger partial charge in [-0.15, -0.1) is 11.3 Å². The molecule has 0 fully saturated rings. The van der Waals surface area contributed by atoms with Crippen LogP contribution in [0.2, 0.25) is 0 Å². The molecule has 3 aromatic heterocycles. The number of oxazole rings is 1. The average molecular weight is 609 g/mol. The zero-order valence-electron chi connectivity index (χ0n) is 24.5. The molecule has 0 N–H and O–H groups in total. The summed E-state index contributed by atoms with van der Waals surface area (Å²) in [6.07, 6.45) is 0. The van der Waals surface area contributed by atoms with E-state index in [-0.39, 0.29) is 0 Å². The molecule has 216 valence electrons. The van der Waals surface area contributed by atoms with Crippen molar-refractivity contribution in [3.8, 4) is 56.7 Å². The van der Waals surface area contributed by atoms with Gasteiger partial charge in [-0.3, -0.25) is 0 Å². The zero-order valence-corrected chi connectivity index (χ0v) is 25.3. The van der Waals surface area contributed by atoms with Gasteiger partial charge in [0.1, 0.15) is 5.52 Å². The molecule has 0 bridgehead atoms. The number of rotatable bonds is 5. The molecule has 0 saturated heterocycles. The summed E-state index contributed by atoms with van der Waals surface area (Å²) in [5.41, 5.74) is 7.64. The van der Waals surface area contributed by atoms with Gasteiger partial charge in [0.2, 0.25) is 5.89 Å². The van der Waals surface area contributed by atoms with Gasteiger partial charge >= 0.3 is 0 Å². The molecular weight excluding hydrogens is 585 g/mol. The third-order valence-corrected chi connectivity index (χ3v) is 9.31. The normalized spacial score (nSPS) is 11.5. The number of hydrogen-bond donors (Lipinski definition) is 0. The molecule has 0 unspecified atom stereocenters. The van der Waals surface area contributed by atoms with Crippen LogP contribution in [0.1, 0.15) is 0 Å². The van der Waals surface area contributed by atoms with Crippen molar-refractivity contribution in [2.75, 3.05) is 0 Å². The Kier molecular flexibility index (Phi) is 6.25. The first kappa shape index (κ1) is 26.4. The minimum Gasteiger partial charge on any atom is -0.436 e. The maximum Gasteiger partial charge on any atom is 0.227 e. The Balaban J connectivity index is 1.20. The van der Waals surface area contributed by atoms with Crippen molar-refractivity contribution in [1.29, 1.82) is 0 Å². The predicted octanol–water partition coefficient (Wildman–Crippen LogP) is 10.7. The third-order valence-electron chi connectivity index (χ3n) is 8.18. The van der Waals surface area contributed by atoms with Crippen LogP contribution in [0.25, 0.3) is 88.0 Å². The summed E-state index contributed by atoms with van der Waals surface area (Å²) in [7, 11) is 0. The van der Waals surface area contributed by atoms with E-state index < -0.39 is 0 Å². The number of aromatic nitrogens is 4. The summed E-state index contributed by atoms with van der Waals surface area (Å²) in [5.74, 6) is 2.58. The van der Waals surface area contributed by atoms with Crippen molar-refractivity contribution >= 4 is 42.6 Å². The van der Waals surface area contributed by atoms with E-state index >= 15 is 0 Å². The molecule has 0 radical (unpaired) electrons. The van der Waals surface area contributed by atoms with Gasteiger partial charge in [-0.05, 0) is 53.6 Å². The van der Waals surface area contributed by atoms with Crippen LogP contribution < -0.4 is 0 Å². The van der Waals surface area contributed by atoms with Gasteiger partial charge < -0.3 is 4.42 Å². The van der Waals surface area contributed by atoms with Crippen molar-refractivity contribution in [3.05, 3.63) is 146 Å². The smallest absolute Gasteiger partial charge is 0.227 e. The second-order valence-corrected chi connectivity index (χ2v) is 12.2. The van der Waals surface area contributed by atoms with Crippen LogP contribution in [-0.2, 0) is 0 Å². The topological polar surface area (TPSA) is 64.7 Å². The fourth-order valence-electron chi connectivity index (χ4n) is 5.93. The first-order valence-corrected chi connectivity index (χ1v) is 15.9. The maximum absolute atomic E-state index is 6.08. The monoisotopic (exact) mass is 608 g/mol. The maximum atomic E-state index is 6.08. The quantitative estimate of drug-likeness (QED) is 0.194. The van der Waals surface area contributed by atoms with Crippen LogP contribution in [0.3, 0.4) is 0 Å². The van der Waals surface area contributed by atoms with Crippen LogP contribution >= 0.6 is 11.3 Å². The van der Waals surface area contributed by atoms with E-state index in [0.29, 0.717) is 23.4 Å². The van der Waals surface area contributed by atoms with Gasteiger partial charge in [0.15, 0.2) is 23.1 Å². The van der Waals surface area contributed by atoms with Crippen molar-refractivity contribution in [2.24, 2.45) is 0 Å². The highest BCUT2D eigenvalue weighted by molar-refractivity contribution is 7.26. The first-order valence-electron chi connectivity index (χ1n) is 15.1. The highest BCUT2D eigenvalue weighted by atomic mass is 32.1.